The van der Waals surface area contributed by atoms with E-state index >= 15 is 0 Å². The van der Waals surface area contributed by atoms with Gasteiger partial charge in [0.05, 0.1) is 18.4 Å². The Balaban J connectivity index is 1.43. The molecule has 1 amide bonds. The van der Waals surface area contributed by atoms with Gasteiger partial charge in [0.1, 0.15) is 22.7 Å². The van der Waals surface area contributed by atoms with Crippen LogP contribution in [0.2, 0.25) is 5.02 Å². The van der Waals surface area contributed by atoms with Crippen LogP contribution in [0.25, 0.3) is 10.6 Å². The molecule has 0 atom stereocenters. The van der Waals surface area contributed by atoms with Crippen molar-refractivity contribution in [2.24, 2.45) is 0 Å². The van der Waals surface area contributed by atoms with Gasteiger partial charge in [-0.15, -0.1) is 11.3 Å². The molecular weight excluding hydrogens is 476 g/mol. The first-order chi connectivity index (χ1) is 16.4. The number of hydrogen-bond donors (Lipinski definition) is 1. The summed E-state index contributed by atoms with van der Waals surface area (Å²) in [5.41, 5.74) is 2.83. The van der Waals surface area contributed by atoms with E-state index in [0.29, 0.717) is 33.7 Å². The number of amides is 1. The number of thiazole rings is 1. The fraction of sp³-hybridized carbons (Fsp3) is 0.167. The number of ether oxygens (including phenoxy) is 1. The molecule has 0 aliphatic carbocycles. The predicted molar refractivity (Wildman–Crippen MR) is 128 cm³/mol. The Morgan fingerprint density at radius 3 is 2.71 bits per heavy atom. The fourth-order valence-electron chi connectivity index (χ4n) is 3.35. The van der Waals surface area contributed by atoms with Crippen molar-refractivity contribution in [3.63, 3.8) is 0 Å². The Kier molecular flexibility index (Phi) is 6.82. The minimum atomic E-state index is -0.717. The molecule has 0 spiro atoms. The third kappa shape index (κ3) is 4.88. The van der Waals surface area contributed by atoms with E-state index in [2.05, 4.69) is 16.4 Å². The lowest BCUT2D eigenvalue weighted by atomic mass is 10.2. The molecule has 0 saturated heterocycles. The smallest absolute Gasteiger partial charge is 0.358 e. The predicted octanol–water partition coefficient (Wildman–Crippen LogP) is 5.19. The van der Waals surface area contributed by atoms with Gasteiger partial charge in [-0.3, -0.25) is 4.79 Å². The molecule has 0 fully saturated rings. The summed E-state index contributed by atoms with van der Waals surface area (Å²) < 4.78 is 12.3. The van der Waals surface area contributed by atoms with E-state index in [1.807, 2.05) is 13.8 Å². The molecular formula is C24H19ClN4O4S. The zero-order valence-electron chi connectivity index (χ0n) is 18.3. The largest absolute Gasteiger partial charge is 0.467 e. The van der Waals surface area contributed by atoms with E-state index in [1.165, 1.54) is 11.3 Å². The van der Waals surface area contributed by atoms with Crippen LogP contribution in [-0.4, -0.2) is 28.0 Å². The minimum Gasteiger partial charge on any atom is -0.467 e. The number of benzene rings is 1. The van der Waals surface area contributed by atoms with Gasteiger partial charge in [-0.25, -0.2) is 9.78 Å². The second-order valence-electron chi connectivity index (χ2n) is 7.38. The number of hydrogen-bond acceptors (Lipinski definition) is 7. The van der Waals surface area contributed by atoms with Crippen molar-refractivity contribution < 1.29 is 18.7 Å². The van der Waals surface area contributed by atoms with Gasteiger partial charge < -0.3 is 19.0 Å². The number of furan rings is 1. The number of rotatable bonds is 7. The molecule has 4 rings (SSSR count). The average Bonchev–Trinajstić information content (AvgIpc) is 3.57. The van der Waals surface area contributed by atoms with Crippen LogP contribution in [0.3, 0.4) is 0 Å². The molecule has 172 valence electrons. The van der Waals surface area contributed by atoms with Crippen LogP contribution < -0.4 is 5.32 Å². The van der Waals surface area contributed by atoms with Gasteiger partial charge >= 0.3 is 5.97 Å². The summed E-state index contributed by atoms with van der Waals surface area (Å²) in [5.74, 6) is -0.292. The van der Waals surface area contributed by atoms with Crippen molar-refractivity contribution in [2.45, 2.75) is 20.4 Å². The summed E-state index contributed by atoms with van der Waals surface area (Å²) in [6.07, 6.45) is 1.56. The van der Waals surface area contributed by atoms with E-state index < -0.39 is 18.5 Å². The number of esters is 1. The molecule has 0 aliphatic heterocycles. The summed E-state index contributed by atoms with van der Waals surface area (Å²) >= 11 is 7.19. The van der Waals surface area contributed by atoms with E-state index in [9.17, 15) is 14.9 Å². The zero-order valence-corrected chi connectivity index (χ0v) is 19.9. The first-order valence-electron chi connectivity index (χ1n) is 10.2. The molecule has 1 aromatic carbocycles. The Morgan fingerprint density at radius 1 is 1.26 bits per heavy atom. The third-order valence-electron chi connectivity index (χ3n) is 5.23. The Morgan fingerprint density at radius 2 is 2.03 bits per heavy atom. The first-order valence-corrected chi connectivity index (χ1v) is 11.4. The number of nitriles is 1. The molecule has 3 aromatic heterocycles. The lowest BCUT2D eigenvalue weighted by Crippen LogP contribution is -2.23. The van der Waals surface area contributed by atoms with E-state index in [4.69, 9.17) is 20.8 Å². The van der Waals surface area contributed by atoms with Crippen LogP contribution in [0.1, 0.15) is 33.1 Å². The Bertz CT molecular complexity index is 1380. The lowest BCUT2D eigenvalue weighted by Gasteiger charge is -2.12. The van der Waals surface area contributed by atoms with Crippen LogP contribution in [0.5, 0.6) is 0 Å². The minimum absolute atomic E-state index is 0.105. The van der Waals surface area contributed by atoms with Crippen molar-refractivity contribution in [1.29, 1.82) is 5.26 Å². The summed E-state index contributed by atoms with van der Waals surface area (Å²) in [4.78, 5) is 29.3. The molecule has 3 heterocycles. The normalized spacial score (nSPS) is 10.6. The summed E-state index contributed by atoms with van der Waals surface area (Å²) in [6, 6.07) is 12.8. The molecule has 34 heavy (non-hydrogen) atoms. The molecule has 1 N–H and O–H groups in total. The molecule has 0 aliphatic rings. The van der Waals surface area contributed by atoms with Crippen LogP contribution in [0.15, 0.2) is 52.5 Å². The molecule has 0 radical (unpaired) electrons. The van der Waals surface area contributed by atoms with Crippen LogP contribution in [0, 0.1) is 25.2 Å². The fourth-order valence-corrected chi connectivity index (χ4v) is 4.27. The number of halogens is 1. The molecule has 10 heteroatoms. The van der Waals surface area contributed by atoms with Crippen molar-refractivity contribution in [1.82, 2.24) is 9.55 Å². The second kappa shape index (κ2) is 9.95. The molecule has 0 saturated carbocycles. The highest BCUT2D eigenvalue weighted by Crippen LogP contribution is 2.28. The van der Waals surface area contributed by atoms with Crippen LogP contribution in [-0.2, 0) is 16.1 Å². The van der Waals surface area contributed by atoms with Crippen molar-refractivity contribution >= 4 is 40.6 Å². The highest BCUT2D eigenvalue weighted by Gasteiger charge is 2.21. The van der Waals surface area contributed by atoms with E-state index in [1.54, 1.807) is 52.6 Å². The third-order valence-corrected chi connectivity index (χ3v) is 6.38. The monoisotopic (exact) mass is 494 g/mol. The number of anilines is 1. The molecule has 0 unspecified atom stereocenters. The standard InChI is InChI=1S/C24H19ClN4O4S/c1-14-15(2)29(11-18-4-3-9-32-18)22(19(14)10-26)28-21(30)12-33-24(31)20-13-34-23(27-20)16-5-7-17(25)8-6-16/h3-9,13H,11-12H2,1-2H3,(H,28,30). The first kappa shape index (κ1) is 23.3. The molecule has 8 nitrogen and oxygen atoms in total. The van der Waals surface area contributed by atoms with Gasteiger partial charge in [0.25, 0.3) is 5.91 Å². The summed E-state index contributed by atoms with van der Waals surface area (Å²) in [7, 11) is 0. The maximum Gasteiger partial charge on any atom is 0.358 e. The van der Waals surface area contributed by atoms with Crippen molar-refractivity contribution in [2.75, 3.05) is 11.9 Å². The van der Waals surface area contributed by atoms with Crippen molar-refractivity contribution in [3.05, 3.63) is 81.3 Å². The number of carbonyl (C=O) groups is 2. The molecule has 0 bridgehead atoms. The number of carbonyl (C=O) groups excluding carboxylic acids is 2. The van der Waals surface area contributed by atoms with Gasteiger partial charge in [0.2, 0.25) is 0 Å². The van der Waals surface area contributed by atoms with E-state index in [0.717, 1.165) is 16.8 Å². The molecule has 4 aromatic rings. The Labute approximate surface area is 204 Å². The van der Waals surface area contributed by atoms with Crippen LogP contribution in [0.4, 0.5) is 5.82 Å². The summed E-state index contributed by atoms with van der Waals surface area (Å²) in [6.45, 7) is 3.47. The topological polar surface area (TPSA) is 110 Å². The highest BCUT2D eigenvalue weighted by atomic mass is 35.5. The van der Waals surface area contributed by atoms with Crippen LogP contribution >= 0.6 is 22.9 Å². The quantitative estimate of drug-likeness (QED) is 0.354. The maximum atomic E-state index is 12.6. The van der Waals surface area contributed by atoms with Gasteiger partial charge in [0, 0.05) is 21.7 Å². The number of nitrogens with one attached hydrogen (secondary N) is 1. The average molecular weight is 495 g/mol. The number of aromatic nitrogens is 2. The lowest BCUT2D eigenvalue weighted by molar-refractivity contribution is -0.119. The SMILES string of the molecule is Cc1c(C#N)c(NC(=O)COC(=O)c2csc(-c3ccc(Cl)cc3)n2)n(Cc2ccco2)c1C. The van der Waals surface area contributed by atoms with E-state index in [-0.39, 0.29) is 5.69 Å². The second-order valence-corrected chi connectivity index (χ2v) is 8.67. The van der Waals surface area contributed by atoms with Gasteiger partial charge in [0.15, 0.2) is 12.3 Å². The highest BCUT2D eigenvalue weighted by molar-refractivity contribution is 7.13. The van der Waals surface area contributed by atoms with Gasteiger partial charge in [-0.1, -0.05) is 23.7 Å². The summed E-state index contributed by atoms with van der Waals surface area (Å²) in [5, 5.41) is 15.1. The maximum absolute atomic E-state index is 12.6. The number of nitrogens with zero attached hydrogens (tertiary/aromatic N) is 3. The van der Waals surface area contributed by atoms with Gasteiger partial charge in [-0.05, 0) is 43.7 Å². The van der Waals surface area contributed by atoms with Gasteiger partial charge in [-0.2, -0.15) is 5.26 Å². The van der Waals surface area contributed by atoms with Crippen molar-refractivity contribution in [3.8, 4) is 16.6 Å². The Hall–Kier alpha value is -3.87. The zero-order chi connectivity index (χ0) is 24.2.